The number of aryl methyl sites for hydroxylation is 1. The van der Waals surface area contributed by atoms with Crippen LogP contribution in [-0.4, -0.2) is 42.2 Å². The summed E-state index contributed by atoms with van der Waals surface area (Å²) in [5.74, 6) is 0.637. The van der Waals surface area contributed by atoms with Crippen LogP contribution in [0.3, 0.4) is 0 Å². The molecule has 9 heteroatoms. The monoisotopic (exact) mass is 395 g/mol. The predicted molar refractivity (Wildman–Crippen MR) is 99.2 cm³/mol. The lowest BCUT2D eigenvalue weighted by Crippen LogP contribution is -2.23. The van der Waals surface area contributed by atoms with Gasteiger partial charge >= 0.3 is 0 Å². The first-order valence-electron chi connectivity index (χ1n) is 8.65. The van der Waals surface area contributed by atoms with Crippen LogP contribution in [0.2, 0.25) is 0 Å². The van der Waals surface area contributed by atoms with Crippen LogP contribution in [0, 0.1) is 6.92 Å². The van der Waals surface area contributed by atoms with E-state index in [1.807, 2.05) is 12.3 Å². The van der Waals surface area contributed by atoms with Crippen molar-refractivity contribution < 1.29 is 17.9 Å². The number of hydrogen-bond acceptors (Lipinski definition) is 6. The molecule has 0 saturated carbocycles. The molecule has 0 unspecified atom stereocenters. The molecule has 1 saturated heterocycles. The fraction of sp³-hybridized carbons (Fsp3) is 0.529. The van der Waals surface area contributed by atoms with E-state index >= 15 is 0 Å². The minimum Gasteiger partial charge on any atom is -0.372 e. The van der Waals surface area contributed by atoms with Gasteiger partial charge in [-0.1, -0.05) is 0 Å². The number of carbonyl (C=O) groups is 1. The molecule has 140 valence electrons. The third kappa shape index (κ3) is 3.56. The molecule has 26 heavy (non-hydrogen) atoms. The Morgan fingerprint density at radius 1 is 1.50 bits per heavy atom. The number of anilines is 1. The van der Waals surface area contributed by atoms with Gasteiger partial charge in [-0.3, -0.25) is 4.79 Å². The summed E-state index contributed by atoms with van der Waals surface area (Å²) in [6, 6.07) is 3.65. The molecule has 0 bridgehead atoms. The number of rotatable bonds is 4. The molecular formula is C17H21N3O4S2. The van der Waals surface area contributed by atoms with E-state index in [0.717, 1.165) is 17.0 Å². The summed E-state index contributed by atoms with van der Waals surface area (Å²) in [5.41, 5.74) is 2.01. The molecule has 1 fully saturated rings. The minimum absolute atomic E-state index is 0.0707. The molecule has 1 amide bonds. The lowest BCUT2D eigenvalue weighted by atomic mass is 10.1. The van der Waals surface area contributed by atoms with Gasteiger partial charge in [-0.15, -0.1) is 11.3 Å². The van der Waals surface area contributed by atoms with Gasteiger partial charge in [0, 0.05) is 10.9 Å². The van der Waals surface area contributed by atoms with Crippen molar-refractivity contribution in [3.05, 3.63) is 33.6 Å². The summed E-state index contributed by atoms with van der Waals surface area (Å²) in [5, 5.41) is 9.32. The normalized spacial score (nSPS) is 24.3. The fourth-order valence-corrected chi connectivity index (χ4v) is 6.29. The molecule has 0 aliphatic carbocycles. The third-order valence-corrected chi connectivity index (χ3v) is 7.62. The van der Waals surface area contributed by atoms with Crippen molar-refractivity contribution in [3.8, 4) is 0 Å². The van der Waals surface area contributed by atoms with Gasteiger partial charge in [0.1, 0.15) is 11.9 Å². The van der Waals surface area contributed by atoms with E-state index in [4.69, 9.17) is 4.74 Å². The number of thiophene rings is 1. The van der Waals surface area contributed by atoms with Gasteiger partial charge < -0.3 is 10.1 Å². The van der Waals surface area contributed by atoms with Gasteiger partial charge in [0.15, 0.2) is 9.84 Å². The number of fused-ring (bicyclic) bond motifs is 1. The highest BCUT2D eigenvalue weighted by atomic mass is 32.2. The summed E-state index contributed by atoms with van der Waals surface area (Å²) >= 11 is 1.62. The summed E-state index contributed by atoms with van der Waals surface area (Å²) < 4.78 is 31.0. The number of sulfone groups is 1. The number of carbonyl (C=O) groups excluding carboxylic acids is 1. The maximum Gasteiger partial charge on any atom is 0.228 e. The maximum absolute atomic E-state index is 12.6. The largest absolute Gasteiger partial charge is 0.372 e. The molecule has 4 heterocycles. The van der Waals surface area contributed by atoms with Gasteiger partial charge in [-0.25, -0.2) is 13.1 Å². The van der Waals surface area contributed by atoms with E-state index in [-0.39, 0.29) is 36.0 Å². The van der Waals surface area contributed by atoms with E-state index in [9.17, 15) is 13.2 Å². The highest BCUT2D eigenvalue weighted by molar-refractivity contribution is 7.91. The molecule has 0 aromatic carbocycles. The number of nitrogens with zero attached hydrogens (tertiary/aromatic N) is 2. The summed E-state index contributed by atoms with van der Waals surface area (Å²) in [6.07, 6.45) is 1.43. The highest BCUT2D eigenvalue weighted by Crippen LogP contribution is 2.34. The molecule has 2 aliphatic rings. The van der Waals surface area contributed by atoms with Crippen molar-refractivity contribution >= 4 is 32.9 Å². The summed E-state index contributed by atoms with van der Waals surface area (Å²) in [6.45, 7) is 2.45. The van der Waals surface area contributed by atoms with Gasteiger partial charge in [-0.05, 0) is 36.8 Å². The van der Waals surface area contributed by atoms with Crippen LogP contribution in [-0.2, 0) is 25.8 Å². The molecular weight excluding hydrogens is 374 g/mol. The smallest absolute Gasteiger partial charge is 0.228 e. The summed E-state index contributed by atoms with van der Waals surface area (Å²) in [7, 11) is -3.02. The molecule has 7 nitrogen and oxygen atoms in total. The molecule has 2 atom stereocenters. The molecule has 2 aromatic rings. The average molecular weight is 396 g/mol. The highest BCUT2D eigenvalue weighted by Gasteiger charge is 2.32. The lowest BCUT2D eigenvalue weighted by Gasteiger charge is -2.23. The van der Waals surface area contributed by atoms with Crippen LogP contribution < -0.4 is 5.32 Å². The fourth-order valence-electron chi connectivity index (χ4n) is 3.59. The van der Waals surface area contributed by atoms with Crippen LogP contribution >= 0.6 is 11.3 Å². The number of amides is 1. The first-order valence-corrected chi connectivity index (χ1v) is 11.4. The van der Waals surface area contributed by atoms with Crippen LogP contribution in [0.5, 0.6) is 0 Å². The van der Waals surface area contributed by atoms with E-state index < -0.39 is 9.84 Å². The number of ether oxygens (including phenoxy) is 1. The van der Waals surface area contributed by atoms with Gasteiger partial charge in [-0.2, -0.15) is 5.10 Å². The Kier molecular flexibility index (Phi) is 4.62. The second kappa shape index (κ2) is 6.79. The first-order chi connectivity index (χ1) is 12.4. The van der Waals surface area contributed by atoms with Crippen LogP contribution in [0.4, 0.5) is 5.82 Å². The molecule has 4 rings (SSSR count). The Balaban J connectivity index is 1.47. The van der Waals surface area contributed by atoms with Crippen LogP contribution in [0.15, 0.2) is 17.5 Å². The topological polar surface area (TPSA) is 90.3 Å². The van der Waals surface area contributed by atoms with Crippen molar-refractivity contribution in [3.63, 3.8) is 0 Å². The van der Waals surface area contributed by atoms with Gasteiger partial charge in [0.2, 0.25) is 5.91 Å². The molecule has 2 aliphatic heterocycles. The van der Waals surface area contributed by atoms with Gasteiger partial charge in [0.05, 0.1) is 36.3 Å². The maximum atomic E-state index is 12.6. The zero-order valence-electron chi connectivity index (χ0n) is 14.5. The second-order valence-corrected chi connectivity index (χ2v) is 10.0. The Bertz CT molecular complexity index is 932. The van der Waals surface area contributed by atoms with E-state index in [0.29, 0.717) is 18.8 Å². The standard InChI is InChI=1S/C17H21N3O4S2/c1-11-8-15(20(19-11)13-4-7-26(22,23)10-13)18-16(21)9-14-17-12(2-5-24-14)3-6-25-17/h3,6,8,13-14H,2,4-5,7,9-10H2,1H3,(H,18,21)/t13-,14+/m1/s1. The number of aromatic nitrogens is 2. The molecule has 2 aromatic heterocycles. The second-order valence-electron chi connectivity index (χ2n) is 6.84. The third-order valence-electron chi connectivity index (χ3n) is 4.81. The van der Waals surface area contributed by atoms with Crippen molar-refractivity contribution in [2.24, 2.45) is 0 Å². The van der Waals surface area contributed by atoms with Crippen LogP contribution in [0.1, 0.15) is 41.1 Å². The quantitative estimate of drug-likeness (QED) is 0.858. The first kappa shape index (κ1) is 17.7. The Labute approximate surface area is 156 Å². The van der Waals surface area contributed by atoms with Crippen LogP contribution in [0.25, 0.3) is 0 Å². The number of hydrogen-bond donors (Lipinski definition) is 1. The summed E-state index contributed by atoms with van der Waals surface area (Å²) in [4.78, 5) is 13.7. The minimum atomic E-state index is -3.02. The Hall–Kier alpha value is -1.71. The van der Waals surface area contributed by atoms with Gasteiger partial charge in [0.25, 0.3) is 0 Å². The van der Waals surface area contributed by atoms with Crippen molar-refractivity contribution in [1.29, 1.82) is 0 Å². The SMILES string of the molecule is Cc1cc(NC(=O)C[C@@H]2OCCc3ccsc32)n([C@@H]2CCS(=O)(=O)C2)n1. The lowest BCUT2D eigenvalue weighted by molar-refractivity contribution is -0.119. The zero-order valence-corrected chi connectivity index (χ0v) is 16.1. The molecule has 0 spiro atoms. The molecule has 1 N–H and O–H groups in total. The van der Waals surface area contributed by atoms with E-state index in [1.54, 1.807) is 22.1 Å². The Morgan fingerprint density at radius 3 is 3.12 bits per heavy atom. The molecule has 0 radical (unpaired) electrons. The van der Waals surface area contributed by atoms with E-state index in [1.165, 1.54) is 5.56 Å². The average Bonchev–Trinajstić information content (AvgIpc) is 3.26. The predicted octanol–water partition coefficient (Wildman–Crippen LogP) is 2.26. The van der Waals surface area contributed by atoms with Crippen molar-refractivity contribution in [1.82, 2.24) is 9.78 Å². The zero-order chi connectivity index (χ0) is 18.3. The van der Waals surface area contributed by atoms with E-state index in [2.05, 4.69) is 16.5 Å². The number of nitrogens with one attached hydrogen (secondary N) is 1. The van der Waals surface area contributed by atoms with Crippen molar-refractivity contribution in [2.45, 2.75) is 38.3 Å². The van der Waals surface area contributed by atoms with Crippen molar-refractivity contribution in [2.75, 3.05) is 23.4 Å². The Morgan fingerprint density at radius 2 is 2.35 bits per heavy atom.